The van der Waals surface area contributed by atoms with E-state index in [9.17, 15) is 0 Å². The summed E-state index contributed by atoms with van der Waals surface area (Å²) in [4.78, 5) is 0. The fraction of sp³-hybridized carbons (Fsp3) is 0.938. The molecule has 3 aliphatic rings. The van der Waals surface area contributed by atoms with E-state index in [2.05, 4.69) is 155 Å². The van der Waals surface area contributed by atoms with Crippen LogP contribution in [0.1, 0.15) is 25.7 Å². The van der Waals surface area contributed by atoms with Crippen LogP contribution in [-0.2, 0) is 0 Å². The maximum absolute atomic E-state index is 3.03. The van der Waals surface area contributed by atoms with Crippen molar-refractivity contribution >= 4 is 63.6 Å². The predicted octanol–water partition coefficient (Wildman–Crippen LogP) is 12.5. The SMILES string of the molecule is C[Si](C)(C)C1([Si](C)(C)C)CC[C@@]2([Si](C)(C)C)C1=C1C([Si](C)(C)C)([Si](C)(C)C)CC[C@]1([Si](C)(C)C)[Si](C)(C)[Si]2(C)C. The summed E-state index contributed by atoms with van der Waals surface area (Å²) >= 11 is 0. The predicted molar refractivity (Wildman–Crippen MR) is 211 cm³/mol. The van der Waals surface area contributed by atoms with E-state index in [-0.39, 0.29) is 0 Å². The summed E-state index contributed by atoms with van der Waals surface area (Å²) in [6.45, 7) is 63.5. The van der Waals surface area contributed by atoms with E-state index in [4.69, 9.17) is 0 Å². The number of hydrogen-bond acceptors (Lipinski definition) is 0. The van der Waals surface area contributed by atoms with Crippen molar-refractivity contribution in [1.82, 2.24) is 0 Å². The minimum absolute atomic E-state index is 0.546. The van der Waals surface area contributed by atoms with Crippen LogP contribution in [0.15, 0.2) is 11.1 Å². The molecule has 8 heteroatoms. The number of allylic oxidation sites excluding steroid dienone is 2. The van der Waals surface area contributed by atoms with Gasteiger partial charge in [0.2, 0.25) is 0 Å². The maximum Gasteiger partial charge on any atom is 0.0523 e. The van der Waals surface area contributed by atoms with Crippen LogP contribution in [0.4, 0.5) is 0 Å². The van der Waals surface area contributed by atoms with Crippen LogP contribution >= 0.6 is 0 Å². The second-order valence-corrected chi connectivity index (χ2v) is 71.9. The van der Waals surface area contributed by atoms with Crippen LogP contribution in [0.3, 0.4) is 0 Å². The quantitative estimate of drug-likeness (QED) is 0.193. The molecule has 2 saturated carbocycles. The second-order valence-electron chi connectivity index (χ2n) is 22.1. The van der Waals surface area contributed by atoms with Gasteiger partial charge in [0.25, 0.3) is 0 Å². The third kappa shape index (κ3) is 3.77. The third-order valence-corrected chi connectivity index (χ3v) is 72.5. The molecule has 40 heavy (non-hydrogen) atoms. The maximum atomic E-state index is 3.03. The zero-order chi connectivity index (χ0) is 32.0. The Morgan fingerprint density at radius 2 is 0.550 bits per heavy atom. The Kier molecular flexibility index (Phi) is 8.13. The minimum Gasteiger partial charge on any atom is -0.0708 e. The first kappa shape index (κ1) is 35.9. The van der Waals surface area contributed by atoms with Gasteiger partial charge in [-0.25, -0.2) is 0 Å². The van der Waals surface area contributed by atoms with Crippen LogP contribution in [0.2, 0.25) is 163 Å². The number of hydrogen-bond donors (Lipinski definition) is 0. The summed E-state index contributed by atoms with van der Waals surface area (Å²) in [5.74, 6) is 0. The van der Waals surface area contributed by atoms with E-state index in [0.29, 0.717) is 18.6 Å². The highest BCUT2D eigenvalue weighted by molar-refractivity contribution is 7.48. The lowest BCUT2D eigenvalue weighted by atomic mass is 10.0. The number of rotatable bonds is 6. The van der Waals surface area contributed by atoms with Gasteiger partial charge < -0.3 is 0 Å². The van der Waals surface area contributed by atoms with Gasteiger partial charge in [0.05, 0.1) is 48.4 Å². The van der Waals surface area contributed by atoms with Gasteiger partial charge in [0.1, 0.15) is 0 Å². The molecule has 0 saturated heterocycles. The van der Waals surface area contributed by atoms with E-state index < -0.39 is 63.6 Å². The highest BCUT2D eigenvalue weighted by atomic mass is 29.3. The van der Waals surface area contributed by atoms with Crippen LogP contribution in [0.5, 0.6) is 0 Å². The van der Waals surface area contributed by atoms with E-state index in [1.54, 1.807) is 25.7 Å². The van der Waals surface area contributed by atoms with Crippen molar-refractivity contribution in [3.8, 4) is 0 Å². The minimum atomic E-state index is -1.68. The molecule has 2 aliphatic carbocycles. The Bertz CT molecular complexity index is 959. The molecule has 0 spiro atoms. The first-order valence-corrected chi connectivity index (χ1v) is 44.9. The normalized spacial score (nSPS) is 32.2. The molecule has 0 N–H and O–H groups in total. The Morgan fingerprint density at radius 1 is 0.350 bits per heavy atom. The van der Waals surface area contributed by atoms with Crippen molar-refractivity contribution in [2.75, 3.05) is 0 Å². The Hall–Kier alpha value is 1.48. The lowest BCUT2D eigenvalue weighted by molar-refractivity contribution is 0.745. The van der Waals surface area contributed by atoms with Gasteiger partial charge in [-0.15, -0.1) is 0 Å². The topological polar surface area (TPSA) is 0 Å². The highest BCUT2D eigenvalue weighted by Crippen LogP contribution is 2.88. The molecule has 0 aromatic heterocycles. The standard InChI is InChI=1S/C32H74Si8/c1-33(2,3)29(34(4,5)6)23-25-31(37(13,14)15)27(29)28-30(35(7,8)9,36(10,11)12)24-26-32(28,38(16,17)18)40(21,22)39(31,19)20/h23-26H2,1-22H3/t31-,32-/m0/s1. The van der Waals surface area contributed by atoms with Gasteiger partial charge in [0, 0.05) is 15.2 Å². The number of fused-ring (bicyclic) bond motifs is 2. The van der Waals surface area contributed by atoms with Crippen LogP contribution < -0.4 is 0 Å². The average molecular weight is 684 g/mol. The summed E-state index contributed by atoms with van der Waals surface area (Å²) in [5.41, 5.74) is 4.65. The van der Waals surface area contributed by atoms with Crippen molar-refractivity contribution in [3.05, 3.63) is 11.1 Å². The van der Waals surface area contributed by atoms with Gasteiger partial charge in [-0.3, -0.25) is 0 Å². The molecule has 1 heterocycles. The monoisotopic (exact) mass is 682 g/mol. The molecule has 0 radical (unpaired) electrons. The first-order valence-electron chi connectivity index (χ1n) is 16.9. The van der Waals surface area contributed by atoms with Gasteiger partial charge in [-0.2, -0.15) is 0 Å². The van der Waals surface area contributed by atoms with Crippen molar-refractivity contribution in [1.29, 1.82) is 0 Å². The van der Waals surface area contributed by atoms with Crippen molar-refractivity contribution < 1.29 is 0 Å². The molecule has 0 bridgehead atoms. The molecular weight excluding hydrogens is 609 g/mol. The molecule has 3 rings (SSSR count). The summed E-state index contributed by atoms with van der Waals surface area (Å²) in [6, 6.07) is 0. The molecule has 2 fully saturated rings. The van der Waals surface area contributed by atoms with E-state index in [1.165, 1.54) is 0 Å². The zero-order valence-electron chi connectivity index (χ0n) is 31.8. The molecule has 2 atom stereocenters. The molecule has 0 amide bonds. The molecule has 0 nitrogen and oxygen atoms in total. The first-order chi connectivity index (χ1) is 17.2. The Balaban J connectivity index is 2.99. The second kappa shape index (κ2) is 9.05. The Labute approximate surface area is 261 Å². The van der Waals surface area contributed by atoms with Crippen LogP contribution in [0.25, 0.3) is 0 Å². The van der Waals surface area contributed by atoms with Gasteiger partial charge in [-0.1, -0.05) is 155 Å². The van der Waals surface area contributed by atoms with E-state index in [1.807, 2.05) is 0 Å². The highest BCUT2D eigenvalue weighted by Gasteiger charge is 2.83. The summed E-state index contributed by atoms with van der Waals surface area (Å²) in [5, 5.41) is 0. The molecule has 0 aromatic carbocycles. The van der Waals surface area contributed by atoms with Crippen molar-refractivity contribution in [2.45, 2.75) is 188 Å². The summed E-state index contributed by atoms with van der Waals surface area (Å²) in [7, 11) is -12.8. The largest absolute Gasteiger partial charge is 0.0708 e. The summed E-state index contributed by atoms with van der Waals surface area (Å²) in [6.07, 6.45) is 6.25. The van der Waals surface area contributed by atoms with Gasteiger partial charge in [0.15, 0.2) is 0 Å². The van der Waals surface area contributed by atoms with E-state index in [0.717, 1.165) is 0 Å². The molecule has 0 aromatic rings. The van der Waals surface area contributed by atoms with Crippen molar-refractivity contribution in [3.63, 3.8) is 0 Å². The zero-order valence-corrected chi connectivity index (χ0v) is 39.8. The lowest BCUT2D eigenvalue weighted by Crippen LogP contribution is -2.79. The average Bonchev–Trinajstić information content (AvgIpc) is 3.21. The van der Waals surface area contributed by atoms with Crippen molar-refractivity contribution in [2.24, 2.45) is 0 Å². The van der Waals surface area contributed by atoms with Gasteiger partial charge in [-0.05, 0) is 44.3 Å². The smallest absolute Gasteiger partial charge is 0.0523 e. The lowest BCUT2D eigenvalue weighted by Gasteiger charge is -2.74. The van der Waals surface area contributed by atoms with E-state index >= 15 is 0 Å². The fourth-order valence-corrected chi connectivity index (χ4v) is 85.4. The third-order valence-electron chi connectivity index (χ3n) is 15.1. The summed E-state index contributed by atoms with van der Waals surface area (Å²) < 4.78 is 2.27. The molecule has 234 valence electrons. The Morgan fingerprint density at radius 3 is 0.700 bits per heavy atom. The van der Waals surface area contributed by atoms with Crippen LogP contribution in [0, 0.1) is 0 Å². The fourth-order valence-electron chi connectivity index (χ4n) is 13.8. The van der Waals surface area contributed by atoms with Gasteiger partial charge >= 0.3 is 0 Å². The van der Waals surface area contributed by atoms with Crippen LogP contribution in [-0.4, -0.2) is 63.6 Å². The molecule has 0 unspecified atom stereocenters. The molecular formula is C32H74Si8. The molecule has 1 aliphatic heterocycles.